The van der Waals surface area contributed by atoms with E-state index in [0.717, 1.165) is 45.0 Å². The van der Waals surface area contributed by atoms with Gasteiger partial charge in [0.2, 0.25) is 0 Å². The van der Waals surface area contributed by atoms with Gasteiger partial charge in [-0.25, -0.2) is 4.98 Å². The highest BCUT2D eigenvalue weighted by Crippen LogP contribution is 2.46. The predicted molar refractivity (Wildman–Crippen MR) is 235 cm³/mol. The molecule has 0 atom stereocenters. The van der Waals surface area contributed by atoms with Crippen molar-refractivity contribution in [3.63, 3.8) is 0 Å². The lowest BCUT2D eigenvalue weighted by molar-refractivity contribution is 0.483. The molecule has 2 aromatic heterocycles. The minimum absolute atomic E-state index is 0.0273. The molecule has 0 unspecified atom stereocenters. The number of ether oxygens (including phenoxy) is 1. The van der Waals surface area contributed by atoms with Crippen molar-refractivity contribution in [3.05, 3.63) is 168 Å². The largest absolute Gasteiger partial charge is 0.457 e. The van der Waals surface area contributed by atoms with Gasteiger partial charge in [0.1, 0.15) is 24.0 Å². The van der Waals surface area contributed by atoms with Crippen molar-refractivity contribution in [2.45, 2.75) is 59.3 Å². The van der Waals surface area contributed by atoms with Crippen molar-refractivity contribution in [3.8, 4) is 28.4 Å². The number of fused-ring (bicyclic) bond motifs is 4. The molecule has 0 fully saturated rings. The zero-order valence-electron chi connectivity index (χ0n) is 33.3. The summed E-state index contributed by atoms with van der Waals surface area (Å²) in [6.07, 6.45) is 1.92. The fraction of sp³-hybridized carbons (Fsp3) is 0.196. The van der Waals surface area contributed by atoms with Crippen LogP contribution < -0.4 is 14.5 Å². The van der Waals surface area contributed by atoms with Crippen LogP contribution in [0, 0.1) is 6.92 Å². The molecule has 9 rings (SSSR count). The third-order valence-corrected chi connectivity index (χ3v) is 11.2. The van der Waals surface area contributed by atoms with Gasteiger partial charge >= 0.3 is 0 Å². The van der Waals surface area contributed by atoms with E-state index in [1.807, 2.05) is 12.3 Å². The van der Waals surface area contributed by atoms with E-state index in [1.165, 1.54) is 44.7 Å². The molecule has 0 bridgehead atoms. The number of benzene rings is 6. The Hall–Kier alpha value is -6.33. The Labute approximate surface area is 330 Å². The van der Waals surface area contributed by atoms with Crippen LogP contribution in [0.25, 0.3) is 38.8 Å². The minimum atomic E-state index is 0.0273. The summed E-state index contributed by atoms with van der Waals surface area (Å²) in [6.45, 7) is 16.7. The van der Waals surface area contributed by atoms with Crippen molar-refractivity contribution in [2.24, 2.45) is 0 Å². The smallest absolute Gasteiger partial charge is 0.141 e. The molecule has 1 aliphatic rings. The quantitative estimate of drug-likeness (QED) is 0.170. The third-order valence-electron chi connectivity index (χ3n) is 11.2. The monoisotopic (exact) mass is 732 g/mol. The van der Waals surface area contributed by atoms with Crippen LogP contribution in [0.15, 0.2) is 152 Å². The molecule has 0 aliphatic carbocycles. The molecule has 0 saturated heterocycles. The van der Waals surface area contributed by atoms with Gasteiger partial charge in [0.15, 0.2) is 0 Å². The maximum absolute atomic E-state index is 6.73. The van der Waals surface area contributed by atoms with Crippen molar-refractivity contribution in [2.75, 3.05) is 16.5 Å². The molecule has 3 heterocycles. The number of para-hydroxylation sites is 3. The molecule has 6 aromatic carbocycles. The van der Waals surface area contributed by atoms with Crippen LogP contribution in [-0.4, -0.2) is 16.2 Å². The molecule has 0 saturated carbocycles. The first kappa shape index (κ1) is 35.4. The van der Waals surface area contributed by atoms with Crippen LogP contribution in [0.2, 0.25) is 0 Å². The normalized spacial score (nSPS) is 13.1. The second-order valence-electron chi connectivity index (χ2n) is 17.1. The first-order valence-corrected chi connectivity index (χ1v) is 19.6. The molecule has 5 nitrogen and oxygen atoms in total. The molecule has 0 amide bonds. The third kappa shape index (κ3) is 6.27. The van der Waals surface area contributed by atoms with E-state index < -0.39 is 0 Å². The first-order chi connectivity index (χ1) is 26.9. The lowest BCUT2D eigenvalue weighted by atomic mass is 9.80. The van der Waals surface area contributed by atoms with Crippen LogP contribution in [0.5, 0.6) is 11.5 Å². The zero-order chi connectivity index (χ0) is 38.8. The Morgan fingerprint density at radius 1 is 0.536 bits per heavy atom. The van der Waals surface area contributed by atoms with E-state index in [9.17, 15) is 0 Å². The first-order valence-electron chi connectivity index (χ1n) is 19.6. The van der Waals surface area contributed by atoms with Crippen molar-refractivity contribution in [1.29, 1.82) is 0 Å². The second kappa shape index (κ2) is 13.5. The molecule has 0 radical (unpaired) electrons. The Kier molecular flexibility index (Phi) is 8.50. The Morgan fingerprint density at radius 3 is 1.88 bits per heavy atom. The lowest BCUT2D eigenvalue weighted by Crippen LogP contribution is -2.25. The number of hydrogen-bond donors (Lipinski definition) is 0. The molecular weight excluding hydrogens is 685 g/mol. The fourth-order valence-electron chi connectivity index (χ4n) is 8.06. The summed E-state index contributed by atoms with van der Waals surface area (Å²) in [5.41, 5.74) is 13.0. The van der Waals surface area contributed by atoms with Crippen molar-refractivity contribution in [1.82, 2.24) is 9.55 Å². The SMILES string of the molecule is Cc1c(-c2ccccc2)ccnc1-n1c2ccccc2c2ccc(Oc3cccc(N4CN(c5cc(C(C)(C)C)cc(C(C)(C)C)c5)c5ccccc54)c3)cc21. The van der Waals surface area contributed by atoms with Crippen LogP contribution in [0.1, 0.15) is 58.2 Å². The molecule has 56 heavy (non-hydrogen) atoms. The zero-order valence-corrected chi connectivity index (χ0v) is 33.3. The summed E-state index contributed by atoms with van der Waals surface area (Å²) < 4.78 is 9.01. The minimum Gasteiger partial charge on any atom is -0.457 e. The topological polar surface area (TPSA) is 33.5 Å². The number of anilines is 4. The summed E-state index contributed by atoms with van der Waals surface area (Å²) in [5, 5.41) is 2.34. The van der Waals surface area contributed by atoms with Crippen LogP contribution in [0.3, 0.4) is 0 Å². The van der Waals surface area contributed by atoms with Crippen LogP contribution >= 0.6 is 0 Å². The Morgan fingerprint density at radius 2 is 1.16 bits per heavy atom. The fourth-order valence-corrected chi connectivity index (χ4v) is 8.06. The molecule has 5 heteroatoms. The van der Waals surface area contributed by atoms with Gasteiger partial charge < -0.3 is 14.5 Å². The van der Waals surface area contributed by atoms with Crippen molar-refractivity contribution < 1.29 is 4.74 Å². The molecule has 0 N–H and O–H groups in total. The maximum atomic E-state index is 6.73. The van der Waals surface area contributed by atoms with Gasteiger partial charge in [-0.15, -0.1) is 0 Å². The van der Waals surface area contributed by atoms with Gasteiger partial charge in [0.25, 0.3) is 0 Å². The highest BCUT2D eigenvalue weighted by Gasteiger charge is 2.30. The van der Waals surface area contributed by atoms with Crippen LogP contribution in [0.4, 0.5) is 22.7 Å². The van der Waals surface area contributed by atoms with Gasteiger partial charge in [-0.2, -0.15) is 0 Å². The highest BCUT2D eigenvalue weighted by molar-refractivity contribution is 6.09. The van der Waals surface area contributed by atoms with Gasteiger partial charge in [-0.3, -0.25) is 4.57 Å². The molecule has 1 aliphatic heterocycles. The Balaban J connectivity index is 1.08. The number of aromatic nitrogens is 2. The highest BCUT2D eigenvalue weighted by atomic mass is 16.5. The Bertz CT molecular complexity index is 2720. The standard InChI is InChI=1S/C51H48N4O/c1-34-42(35-16-9-8-10-17-35)26-27-52-49(34)55-45-21-12-11-20-43(45)44-25-24-41(32-48(44)55)56-40-19-15-18-38(31-40)53-33-54(47-23-14-13-22-46(47)53)39-29-36(50(2,3)4)28-37(30-39)51(5,6)7/h8-32H,33H2,1-7H3. The number of pyridine rings is 1. The van der Waals surface area contributed by atoms with E-state index in [1.54, 1.807) is 0 Å². The van der Waals surface area contributed by atoms with Gasteiger partial charge in [0, 0.05) is 46.0 Å². The van der Waals surface area contributed by atoms with Crippen LogP contribution in [-0.2, 0) is 10.8 Å². The predicted octanol–water partition coefficient (Wildman–Crippen LogP) is 13.8. The van der Waals surface area contributed by atoms with Crippen molar-refractivity contribution >= 4 is 44.6 Å². The average molecular weight is 733 g/mol. The van der Waals surface area contributed by atoms with Gasteiger partial charge in [-0.05, 0) is 101 Å². The number of nitrogens with zero attached hydrogens (tertiary/aromatic N) is 4. The summed E-state index contributed by atoms with van der Waals surface area (Å²) in [4.78, 5) is 9.80. The molecule has 8 aromatic rings. The van der Waals surface area contributed by atoms with E-state index >= 15 is 0 Å². The lowest BCUT2D eigenvalue weighted by Gasteiger charge is -2.29. The molecular formula is C51H48N4O. The van der Waals surface area contributed by atoms with E-state index in [0.29, 0.717) is 6.67 Å². The summed E-state index contributed by atoms with van der Waals surface area (Å²) in [6, 6.07) is 51.9. The molecule has 278 valence electrons. The maximum Gasteiger partial charge on any atom is 0.141 e. The number of hydrogen-bond acceptors (Lipinski definition) is 4. The van der Waals surface area contributed by atoms with E-state index in [-0.39, 0.29) is 10.8 Å². The van der Waals surface area contributed by atoms with E-state index in [4.69, 9.17) is 9.72 Å². The van der Waals surface area contributed by atoms with E-state index in [2.05, 4.69) is 202 Å². The summed E-state index contributed by atoms with van der Waals surface area (Å²) >= 11 is 0. The summed E-state index contributed by atoms with van der Waals surface area (Å²) in [7, 11) is 0. The van der Waals surface area contributed by atoms with Gasteiger partial charge in [0.05, 0.1) is 22.4 Å². The summed E-state index contributed by atoms with van der Waals surface area (Å²) in [5.74, 6) is 2.47. The number of rotatable bonds is 6. The second-order valence-corrected chi connectivity index (χ2v) is 17.1. The average Bonchev–Trinajstić information content (AvgIpc) is 3.74. The van der Waals surface area contributed by atoms with Gasteiger partial charge in [-0.1, -0.05) is 114 Å². The molecule has 0 spiro atoms.